The van der Waals surface area contributed by atoms with Crippen LogP contribution in [-0.2, 0) is 22.0 Å². The van der Waals surface area contributed by atoms with Crippen molar-refractivity contribution in [2.24, 2.45) is 5.14 Å². The Morgan fingerprint density at radius 2 is 2.00 bits per heavy atom. The van der Waals surface area contributed by atoms with Crippen LogP contribution in [0.5, 0.6) is 0 Å². The number of thioether (sulfide) groups is 1. The summed E-state index contributed by atoms with van der Waals surface area (Å²) in [4.78, 5) is 9.22. The summed E-state index contributed by atoms with van der Waals surface area (Å²) < 4.78 is 30.8. The summed E-state index contributed by atoms with van der Waals surface area (Å²) in [5, 5.41) is 10.0. The van der Waals surface area contributed by atoms with E-state index in [2.05, 4.69) is 26.6 Å². The third-order valence-corrected chi connectivity index (χ3v) is 6.19. The molecule has 8 nitrogen and oxygen atoms in total. The molecule has 2 heterocycles. The van der Waals surface area contributed by atoms with E-state index < -0.39 is 10.0 Å². The van der Waals surface area contributed by atoms with E-state index in [0.717, 1.165) is 23.6 Å². The lowest BCUT2D eigenvalue weighted by Gasteiger charge is -2.11. The molecule has 0 amide bonds. The quantitative estimate of drug-likeness (QED) is 0.602. The number of fused-ring (bicyclic) bond motifs is 1. The molecule has 2 N–H and O–H groups in total. The van der Waals surface area contributed by atoms with Gasteiger partial charge in [0.25, 0.3) is 0 Å². The first-order valence-corrected chi connectivity index (χ1v) is 11.5. The minimum Gasteiger partial charge on any atom is -0.338 e. The Hall–Kier alpha value is -1.91. The number of hydrogen-bond acceptors (Lipinski definition) is 7. The molecule has 1 atom stereocenters. The number of rotatable bonds is 6. The molecule has 0 bridgehead atoms. The van der Waals surface area contributed by atoms with E-state index in [0.29, 0.717) is 17.2 Å². The summed E-state index contributed by atoms with van der Waals surface area (Å²) in [5.41, 5.74) is 1.27. The highest BCUT2D eigenvalue weighted by molar-refractivity contribution is 7.99. The van der Waals surface area contributed by atoms with Crippen molar-refractivity contribution in [1.29, 1.82) is 0 Å². The van der Waals surface area contributed by atoms with E-state index in [-0.39, 0.29) is 15.6 Å². The molecule has 0 spiro atoms. The molecule has 0 fully saturated rings. The maximum absolute atomic E-state index is 11.7. The summed E-state index contributed by atoms with van der Waals surface area (Å²) in [6.07, 6.45) is 0.916. The molecule has 3 aromatic rings. The summed E-state index contributed by atoms with van der Waals surface area (Å²) in [7, 11) is -3.78. The number of nitrogens with zero attached hydrogens (tertiary/aromatic N) is 4. The monoisotopic (exact) mass is 423 g/mol. The normalized spacial score (nSPS) is 13.9. The van der Waals surface area contributed by atoms with Crippen LogP contribution >= 0.6 is 11.8 Å². The molecule has 1 aromatic carbocycles. The molecule has 0 aliphatic heterocycles. The molecule has 10 heteroatoms. The lowest BCUT2D eigenvalue weighted by atomic mass is 9.96. The van der Waals surface area contributed by atoms with Crippen LogP contribution in [-0.4, -0.2) is 28.1 Å². The van der Waals surface area contributed by atoms with Gasteiger partial charge >= 0.3 is 0 Å². The van der Waals surface area contributed by atoms with Gasteiger partial charge in [0.05, 0.1) is 21.2 Å². The van der Waals surface area contributed by atoms with Gasteiger partial charge in [-0.3, -0.25) is 0 Å². The van der Waals surface area contributed by atoms with Gasteiger partial charge in [0.2, 0.25) is 15.9 Å². The minimum absolute atomic E-state index is 0.0532. The first-order valence-electron chi connectivity index (χ1n) is 9.04. The minimum atomic E-state index is -3.78. The average molecular weight is 424 g/mol. The molecular formula is C18H25N5O3S2. The second kappa shape index (κ2) is 7.49. The highest BCUT2D eigenvalue weighted by Gasteiger charge is 2.25. The predicted molar refractivity (Wildman–Crippen MR) is 109 cm³/mol. The second-order valence-corrected chi connectivity index (χ2v) is 10.6. The molecule has 0 aliphatic carbocycles. The van der Waals surface area contributed by atoms with Crippen LogP contribution in [0.2, 0.25) is 0 Å². The van der Waals surface area contributed by atoms with Crippen LogP contribution in [0.4, 0.5) is 0 Å². The molecule has 3 rings (SSSR count). The van der Waals surface area contributed by atoms with E-state index in [1.165, 1.54) is 23.9 Å². The number of sulfonamides is 1. The maximum atomic E-state index is 11.7. The van der Waals surface area contributed by atoms with Crippen molar-refractivity contribution in [2.75, 3.05) is 0 Å². The maximum Gasteiger partial charge on any atom is 0.239 e. The van der Waals surface area contributed by atoms with Gasteiger partial charge in [0, 0.05) is 12.0 Å². The van der Waals surface area contributed by atoms with Crippen molar-refractivity contribution in [3.8, 4) is 0 Å². The molecule has 2 aromatic heterocycles. The zero-order chi connectivity index (χ0) is 20.7. The largest absolute Gasteiger partial charge is 0.338 e. The third-order valence-electron chi connectivity index (χ3n) is 4.20. The standard InChI is InChI=1S/C18H25N5O3S2/c1-6-9-23-14-8-7-12(28(19,24)25)10-13(14)20-17(23)27-11(2)15-21-16(22-26-15)18(3,4)5/h7-8,10-11H,6,9H2,1-5H3,(H2,19,24,25)/t11-/m1/s1. The number of imidazole rings is 1. The molecule has 28 heavy (non-hydrogen) atoms. The van der Waals surface area contributed by atoms with Crippen molar-refractivity contribution < 1.29 is 12.9 Å². The number of aryl methyl sites for hydroxylation is 1. The van der Waals surface area contributed by atoms with Crippen LogP contribution in [0.3, 0.4) is 0 Å². The van der Waals surface area contributed by atoms with Crippen molar-refractivity contribution >= 4 is 32.8 Å². The topological polar surface area (TPSA) is 117 Å². The molecular weight excluding hydrogens is 398 g/mol. The number of hydrogen-bond donors (Lipinski definition) is 1. The summed E-state index contributed by atoms with van der Waals surface area (Å²) in [6, 6.07) is 4.77. The number of nitrogens with two attached hydrogens (primary N) is 1. The van der Waals surface area contributed by atoms with Crippen LogP contribution in [0.1, 0.15) is 58.0 Å². The highest BCUT2D eigenvalue weighted by atomic mass is 32.2. The van der Waals surface area contributed by atoms with E-state index in [9.17, 15) is 8.42 Å². The first kappa shape index (κ1) is 20.8. The van der Waals surface area contributed by atoms with Gasteiger partial charge in [0.15, 0.2) is 11.0 Å². The Balaban J connectivity index is 1.97. The van der Waals surface area contributed by atoms with Gasteiger partial charge in [-0.15, -0.1) is 0 Å². The SMILES string of the molecule is CCCn1c(S[C@H](C)c2nc(C(C)(C)C)no2)nc2cc(S(N)(=O)=O)ccc21. The Morgan fingerprint density at radius 1 is 1.29 bits per heavy atom. The number of primary sulfonamides is 1. The summed E-state index contributed by atoms with van der Waals surface area (Å²) in [6.45, 7) is 10.9. The van der Waals surface area contributed by atoms with Crippen LogP contribution in [0.25, 0.3) is 11.0 Å². The van der Waals surface area contributed by atoms with E-state index in [4.69, 9.17) is 9.66 Å². The van der Waals surface area contributed by atoms with Crippen molar-refractivity contribution in [3.63, 3.8) is 0 Å². The van der Waals surface area contributed by atoms with Gasteiger partial charge in [0.1, 0.15) is 0 Å². The Morgan fingerprint density at radius 3 is 2.57 bits per heavy atom. The summed E-state index contributed by atoms with van der Waals surface area (Å²) in [5.74, 6) is 1.20. The molecule has 0 saturated carbocycles. The number of aromatic nitrogens is 4. The zero-order valence-corrected chi connectivity index (χ0v) is 18.3. The smallest absolute Gasteiger partial charge is 0.239 e. The highest BCUT2D eigenvalue weighted by Crippen LogP contribution is 2.36. The first-order chi connectivity index (χ1) is 13.0. The van der Waals surface area contributed by atoms with E-state index >= 15 is 0 Å². The fraction of sp³-hybridized carbons (Fsp3) is 0.500. The third kappa shape index (κ3) is 4.23. The predicted octanol–water partition coefficient (Wildman–Crippen LogP) is 3.63. The van der Waals surface area contributed by atoms with E-state index in [1.807, 2.05) is 27.7 Å². The fourth-order valence-corrected chi connectivity index (χ4v) is 4.22. The van der Waals surface area contributed by atoms with Crippen molar-refractivity contribution in [3.05, 3.63) is 29.9 Å². The van der Waals surface area contributed by atoms with Crippen molar-refractivity contribution in [2.45, 2.75) is 68.3 Å². The van der Waals surface area contributed by atoms with Gasteiger partial charge in [-0.1, -0.05) is 44.6 Å². The second-order valence-electron chi connectivity index (χ2n) is 7.71. The lowest BCUT2D eigenvalue weighted by molar-refractivity contribution is 0.364. The molecule has 0 unspecified atom stereocenters. The molecule has 152 valence electrons. The van der Waals surface area contributed by atoms with Crippen LogP contribution in [0, 0.1) is 0 Å². The number of benzene rings is 1. The van der Waals surface area contributed by atoms with Crippen LogP contribution < -0.4 is 5.14 Å². The molecule has 0 aliphatic rings. The van der Waals surface area contributed by atoms with Gasteiger partial charge in [-0.25, -0.2) is 18.5 Å². The zero-order valence-electron chi connectivity index (χ0n) is 16.6. The fourth-order valence-electron chi connectivity index (χ4n) is 2.71. The Kier molecular flexibility index (Phi) is 5.57. The van der Waals surface area contributed by atoms with Crippen LogP contribution in [0.15, 0.2) is 32.8 Å². The van der Waals surface area contributed by atoms with Gasteiger partial charge in [-0.05, 0) is 31.5 Å². The van der Waals surface area contributed by atoms with Gasteiger partial charge in [-0.2, -0.15) is 4.98 Å². The molecule has 0 radical (unpaired) electrons. The molecule has 0 saturated heterocycles. The Bertz CT molecular complexity index is 1100. The average Bonchev–Trinajstić information content (AvgIpc) is 3.19. The summed E-state index contributed by atoms with van der Waals surface area (Å²) >= 11 is 1.50. The van der Waals surface area contributed by atoms with E-state index in [1.54, 1.807) is 6.07 Å². The van der Waals surface area contributed by atoms with Gasteiger partial charge < -0.3 is 9.09 Å². The van der Waals surface area contributed by atoms with Crippen molar-refractivity contribution in [1.82, 2.24) is 19.7 Å². The lowest BCUT2D eigenvalue weighted by Crippen LogP contribution is -2.13. The Labute approximate surface area is 169 Å².